The predicted octanol–water partition coefficient (Wildman–Crippen LogP) is 1.41. The molecule has 0 saturated carbocycles. The van der Waals surface area contributed by atoms with Crippen molar-refractivity contribution in [1.29, 1.82) is 0 Å². The third kappa shape index (κ3) is 3.08. The van der Waals surface area contributed by atoms with Gasteiger partial charge in [0, 0.05) is 25.0 Å². The molecule has 1 aromatic rings. The summed E-state index contributed by atoms with van der Waals surface area (Å²) in [5.74, 6) is -1.26. The standard InChI is InChI=1S/C7H7O3P.Zn/c8-7(11(9)10)6-4-2-1-3-5-6;/h1-5,7-8H;/p+1. The van der Waals surface area contributed by atoms with E-state index in [2.05, 4.69) is 0 Å². The van der Waals surface area contributed by atoms with Crippen LogP contribution in [0.25, 0.3) is 0 Å². The van der Waals surface area contributed by atoms with Crippen LogP contribution in [-0.4, -0.2) is 10.00 Å². The molecule has 0 fully saturated rings. The zero-order valence-corrected chi connectivity index (χ0v) is 10.3. The maximum Gasteiger partial charge on any atom is 0.542 e. The molecular formula is C7H8O3PZn+. The average Bonchev–Trinajstić information content (AvgIpc) is 2.05. The minimum absolute atomic E-state index is 0. The summed E-state index contributed by atoms with van der Waals surface area (Å²) in [6.07, 6.45) is 0. The molecule has 0 heterocycles. The van der Waals surface area contributed by atoms with Crippen LogP contribution in [0.1, 0.15) is 11.4 Å². The molecule has 0 spiro atoms. The van der Waals surface area contributed by atoms with E-state index in [0.717, 1.165) is 0 Å². The summed E-state index contributed by atoms with van der Waals surface area (Å²) >= 11 is 0. The normalized spacial score (nSPS) is 13.0. The summed E-state index contributed by atoms with van der Waals surface area (Å²) < 4.78 is 10.4. The van der Waals surface area contributed by atoms with Gasteiger partial charge in [0.1, 0.15) is 0 Å². The van der Waals surface area contributed by atoms with Crippen LogP contribution in [0, 0.1) is 0 Å². The fourth-order valence-electron chi connectivity index (χ4n) is 0.753. The predicted molar refractivity (Wildman–Crippen MR) is 41.2 cm³/mol. The Hall–Kier alpha value is -0.137. The third-order valence-corrected chi connectivity index (χ3v) is 2.02. The molecule has 12 heavy (non-hydrogen) atoms. The Bertz CT molecular complexity index is 252. The van der Waals surface area contributed by atoms with Gasteiger partial charge in [0.2, 0.25) is 0 Å². The molecule has 0 aromatic heterocycles. The number of aliphatic hydroxyl groups excluding tert-OH is 1. The topological polar surface area (TPSA) is 57.5 Å². The number of hydrogen-bond donors (Lipinski definition) is 2. The van der Waals surface area contributed by atoms with Gasteiger partial charge < -0.3 is 5.11 Å². The van der Waals surface area contributed by atoms with E-state index in [1.165, 1.54) is 0 Å². The van der Waals surface area contributed by atoms with E-state index >= 15 is 0 Å². The van der Waals surface area contributed by atoms with Crippen molar-refractivity contribution in [2.45, 2.75) is 5.85 Å². The molecule has 2 N–H and O–H groups in total. The summed E-state index contributed by atoms with van der Waals surface area (Å²) in [5.41, 5.74) is 0.469. The van der Waals surface area contributed by atoms with Crippen molar-refractivity contribution in [3.63, 3.8) is 0 Å². The van der Waals surface area contributed by atoms with E-state index in [9.17, 15) is 4.57 Å². The van der Waals surface area contributed by atoms with Crippen LogP contribution in [-0.2, 0) is 24.0 Å². The number of benzene rings is 1. The molecule has 3 nitrogen and oxygen atoms in total. The van der Waals surface area contributed by atoms with Gasteiger partial charge in [-0.2, -0.15) is 4.89 Å². The minimum Gasteiger partial charge on any atom is -0.345 e. The second-order valence-corrected chi connectivity index (χ2v) is 3.18. The van der Waals surface area contributed by atoms with Gasteiger partial charge in [-0.25, -0.2) is 0 Å². The maximum atomic E-state index is 10.4. The van der Waals surface area contributed by atoms with Crippen LogP contribution in [0.15, 0.2) is 30.3 Å². The van der Waals surface area contributed by atoms with Crippen LogP contribution in [0.3, 0.4) is 0 Å². The smallest absolute Gasteiger partial charge is 0.345 e. The van der Waals surface area contributed by atoms with Crippen molar-refractivity contribution < 1.29 is 34.0 Å². The molecule has 0 aliphatic heterocycles. The molecule has 0 amide bonds. The molecule has 2 atom stereocenters. The van der Waals surface area contributed by atoms with E-state index in [1.54, 1.807) is 30.3 Å². The summed E-state index contributed by atoms with van der Waals surface area (Å²) in [6, 6.07) is 8.40. The van der Waals surface area contributed by atoms with E-state index in [0.29, 0.717) is 5.56 Å². The first-order valence-corrected chi connectivity index (χ1v) is 4.38. The Morgan fingerprint density at radius 3 is 2.17 bits per heavy atom. The van der Waals surface area contributed by atoms with Gasteiger partial charge in [0.15, 0.2) is 0 Å². The molecular weight excluding hydrogens is 228 g/mol. The summed E-state index contributed by atoms with van der Waals surface area (Å²) in [5, 5.41) is 9.06. The van der Waals surface area contributed by atoms with Crippen LogP contribution in [0.4, 0.5) is 0 Å². The summed E-state index contributed by atoms with van der Waals surface area (Å²) in [4.78, 5) is 8.53. The Balaban J connectivity index is 0.00000121. The molecule has 1 aromatic carbocycles. The van der Waals surface area contributed by atoms with Crippen molar-refractivity contribution in [3.8, 4) is 0 Å². The first-order valence-electron chi connectivity index (χ1n) is 3.10. The van der Waals surface area contributed by atoms with Gasteiger partial charge in [-0.1, -0.05) is 30.3 Å². The summed E-state index contributed by atoms with van der Waals surface area (Å²) in [6.45, 7) is 0. The van der Waals surface area contributed by atoms with Crippen LogP contribution < -0.4 is 0 Å². The van der Waals surface area contributed by atoms with Crippen LogP contribution in [0.5, 0.6) is 0 Å². The average molecular weight is 237 g/mol. The van der Waals surface area contributed by atoms with Crippen molar-refractivity contribution in [1.82, 2.24) is 0 Å². The van der Waals surface area contributed by atoms with E-state index < -0.39 is 13.9 Å². The quantitative estimate of drug-likeness (QED) is 0.603. The molecule has 0 bridgehead atoms. The molecule has 0 aliphatic carbocycles. The van der Waals surface area contributed by atoms with Gasteiger partial charge in [0.05, 0.1) is 0 Å². The Morgan fingerprint density at radius 2 is 1.75 bits per heavy atom. The second kappa shape index (κ2) is 5.50. The van der Waals surface area contributed by atoms with Crippen molar-refractivity contribution in [2.75, 3.05) is 0 Å². The molecule has 60 valence electrons. The first kappa shape index (κ1) is 11.9. The van der Waals surface area contributed by atoms with Crippen LogP contribution >= 0.6 is 8.03 Å². The molecule has 2 unspecified atom stereocenters. The van der Waals surface area contributed by atoms with E-state index in [-0.39, 0.29) is 19.5 Å². The molecule has 0 saturated heterocycles. The van der Waals surface area contributed by atoms with Gasteiger partial charge in [-0.05, 0) is 4.57 Å². The Kier molecular flexibility index (Phi) is 5.44. The van der Waals surface area contributed by atoms with Crippen molar-refractivity contribution >= 4 is 8.03 Å². The van der Waals surface area contributed by atoms with Gasteiger partial charge in [0.25, 0.3) is 0 Å². The van der Waals surface area contributed by atoms with Gasteiger partial charge in [-0.15, -0.1) is 0 Å². The minimum atomic E-state index is -2.53. The SMILES string of the molecule is O=[P+](O)C(O)c1ccccc1.[Zn]. The number of rotatable bonds is 2. The van der Waals surface area contributed by atoms with Gasteiger partial charge in [-0.3, -0.25) is 0 Å². The van der Waals surface area contributed by atoms with Crippen molar-refractivity contribution in [3.05, 3.63) is 35.9 Å². The fourth-order valence-corrected chi connectivity index (χ4v) is 1.18. The molecule has 1 rings (SSSR count). The van der Waals surface area contributed by atoms with E-state index in [4.69, 9.17) is 10.00 Å². The largest absolute Gasteiger partial charge is 0.542 e. The second-order valence-electron chi connectivity index (χ2n) is 2.09. The molecule has 5 heteroatoms. The zero-order valence-electron chi connectivity index (χ0n) is 6.42. The number of aliphatic hydroxyl groups is 1. The fraction of sp³-hybridized carbons (Fsp3) is 0.143. The molecule has 0 radical (unpaired) electrons. The van der Waals surface area contributed by atoms with Gasteiger partial charge >= 0.3 is 13.9 Å². The van der Waals surface area contributed by atoms with Crippen molar-refractivity contribution in [2.24, 2.45) is 0 Å². The third-order valence-electron chi connectivity index (χ3n) is 1.31. The molecule has 0 aliphatic rings. The summed E-state index contributed by atoms with van der Waals surface area (Å²) in [7, 11) is -2.53. The number of hydrogen-bond acceptors (Lipinski definition) is 2. The Labute approximate surface area is 84.1 Å². The van der Waals surface area contributed by atoms with E-state index in [1.807, 2.05) is 0 Å². The monoisotopic (exact) mass is 235 g/mol. The maximum absolute atomic E-state index is 10.4. The Morgan fingerprint density at radius 1 is 1.25 bits per heavy atom. The zero-order chi connectivity index (χ0) is 8.27. The van der Waals surface area contributed by atoms with Crippen LogP contribution in [0.2, 0.25) is 0 Å². The first-order chi connectivity index (χ1) is 5.22.